The first kappa shape index (κ1) is 15.0. The van der Waals surface area contributed by atoms with Gasteiger partial charge in [0.1, 0.15) is 6.61 Å². The molecule has 1 heterocycles. The van der Waals surface area contributed by atoms with Crippen LogP contribution in [0.3, 0.4) is 0 Å². The Hall–Kier alpha value is -1.43. The van der Waals surface area contributed by atoms with E-state index in [-0.39, 0.29) is 24.4 Å². The third kappa shape index (κ3) is 4.59. The lowest BCUT2D eigenvalue weighted by Gasteiger charge is -2.19. The third-order valence-corrected chi connectivity index (χ3v) is 2.70. The summed E-state index contributed by atoms with van der Waals surface area (Å²) >= 11 is 0. The summed E-state index contributed by atoms with van der Waals surface area (Å²) in [6.45, 7) is 6.96. The SMILES string of the molecule is CC(C)(C)OCC(=O)Nc1cccc(C2OCCO2)c1. The van der Waals surface area contributed by atoms with E-state index in [1.54, 1.807) is 0 Å². The molecule has 0 unspecified atom stereocenters. The molecule has 0 atom stereocenters. The van der Waals surface area contributed by atoms with Crippen LogP contribution in [0.4, 0.5) is 5.69 Å². The Morgan fingerprint density at radius 2 is 2.05 bits per heavy atom. The van der Waals surface area contributed by atoms with Crippen molar-refractivity contribution < 1.29 is 19.0 Å². The maximum atomic E-state index is 11.8. The molecular formula is C15H21NO4. The van der Waals surface area contributed by atoms with E-state index in [0.717, 1.165) is 5.56 Å². The molecule has 5 nitrogen and oxygen atoms in total. The van der Waals surface area contributed by atoms with Gasteiger partial charge in [0.2, 0.25) is 5.91 Å². The van der Waals surface area contributed by atoms with E-state index in [0.29, 0.717) is 18.9 Å². The molecule has 1 fully saturated rings. The zero-order valence-electron chi connectivity index (χ0n) is 12.1. The van der Waals surface area contributed by atoms with Gasteiger partial charge >= 0.3 is 0 Å². The number of nitrogens with one attached hydrogen (secondary N) is 1. The van der Waals surface area contributed by atoms with E-state index >= 15 is 0 Å². The van der Waals surface area contributed by atoms with Crippen molar-refractivity contribution in [3.05, 3.63) is 29.8 Å². The molecule has 0 bridgehead atoms. The summed E-state index contributed by atoms with van der Waals surface area (Å²) in [5, 5.41) is 2.80. The van der Waals surface area contributed by atoms with Crippen LogP contribution in [-0.4, -0.2) is 31.3 Å². The predicted octanol–water partition coefficient (Wildman–Crippen LogP) is 2.49. The highest BCUT2D eigenvalue weighted by Gasteiger charge is 2.18. The summed E-state index contributed by atoms with van der Waals surface area (Å²) in [6.07, 6.45) is -0.335. The monoisotopic (exact) mass is 279 g/mol. The van der Waals surface area contributed by atoms with Gasteiger partial charge < -0.3 is 19.5 Å². The van der Waals surface area contributed by atoms with Crippen molar-refractivity contribution in [2.24, 2.45) is 0 Å². The first-order valence-corrected chi connectivity index (χ1v) is 6.71. The fraction of sp³-hybridized carbons (Fsp3) is 0.533. The molecule has 110 valence electrons. The number of ether oxygens (including phenoxy) is 3. The van der Waals surface area contributed by atoms with Crippen LogP contribution in [0.5, 0.6) is 0 Å². The molecule has 2 rings (SSSR count). The van der Waals surface area contributed by atoms with Crippen LogP contribution >= 0.6 is 0 Å². The maximum absolute atomic E-state index is 11.8. The van der Waals surface area contributed by atoms with Crippen molar-refractivity contribution >= 4 is 11.6 Å². The molecule has 0 spiro atoms. The Morgan fingerprint density at radius 3 is 2.70 bits per heavy atom. The number of hydrogen-bond donors (Lipinski definition) is 1. The Morgan fingerprint density at radius 1 is 1.35 bits per heavy atom. The molecule has 20 heavy (non-hydrogen) atoms. The number of benzene rings is 1. The van der Waals surface area contributed by atoms with Gasteiger partial charge in [-0.2, -0.15) is 0 Å². The van der Waals surface area contributed by atoms with Crippen molar-refractivity contribution in [2.75, 3.05) is 25.1 Å². The van der Waals surface area contributed by atoms with Crippen LogP contribution in [0.1, 0.15) is 32.6 Å². The second kappa shape index (κ2) is 6.35. The largest absolute Gasteiger partial charge is 0.366 e. The molecular weight excluding hydrogens is 258 g/mol. The van der Waals surface area contributed by atoms with Gasteiger partial charge in [0.25, 0.3) is 0 Å². The third-order valence-electron chi connectivity index (χ3n) is 2.70. The van der Waals surface area contributed by atoms with Crippen molar-refractivity contribution in [1.29, 1.82) is 0 Å². The minimum Gasteiger partial charge on any atom is -0.366 e. The van der Waals surface area contributed by atoms with Crippen molar-refractivity contribution in [3.8, 4) is 0 Å². The fourth-order valence-electron chi connectivity index (χ4n) is 1.79. The minimum atomic E-state index is -0.335. The van der Waals surface area contributed by atoms with E-state index in [1.165, 1.54) is 0 Å². The molecule has 0 radical (unpaired) electrons. The summed E-state index contributed by atoms with van der Waals surface area (Å²) in [5.41, 5.74) is 1.28. The van der Waals surface area contributed by atoms with E-state index < -0.39 is 0 Å². The van der Waals surface area contributed by atoms with Crippen LogP contribution in [-0.2, 0) is 19.0 Å². The van der Waals surface area contributed by atoms with Gasteiger partial charge in [0.15, 0.2) is 6.29 Å². The lowest BCUT2D eigenvalue weighted by molar-refractivity contribution is -0.125. The number of anilines is 1. The van der Waals surface area contributed by atoms with Gasteiger partial charge in [-0.1, -0.05) is 12.1 Å². The Labute approximate surface area is 119 Å². The second-order valence-corrected chi connectivity index (χ2v) is 5.65. The highest BCUT2D eigenvalue weighted by molar-refractivity contribution is 5.91. The molecule has 1 N–H and O–H groups in total. The van der Waals surface area contributed by atoms with Crippen molar-refractivity contribution in [3.63, 3.8) is 0 Å². The normalized spacial score (nSPS) is 16.4. The van der Waals surface area contributed by atoms with E-state index in [9.17, 15) is 4.79 Å². The minimum absolute atomic E-state index is 0.0319. The number of carbonyl (C=O) groups excluding carboxylic acids is 1. The zero-order valence-corrected chi connectivity index (χ0v) is 12.1. The average Bonchev–Trinajstić information content (AvgIpc) is 2.90. The van der Waals surface area contributed by atoms with Crippen LogP contribution in [0.2, 0.25) is 0 Å². The quantitative estimate of drug-likeness (QED) is 0.920. The van der Waals surface area contributed by atoms with Gasteiger partial charge in [-0.15, -0.1) is 0 Å². The van der Waals surface area contributed by atoms with Gasteiger partial charge in [0, 0.05) is 11.3 Å². The van der Waals surface area contributed by atoms with Crippen LogP contribution < -0.4 is 5.32 Å². The first-order chi connectivity index (χ1) is 9.44. The molecule has 0 saturated carbocycles. The van der Waals surface area contributed by atoms with Gasteiger partial charge in [-0.3, -0.25) is 4.79 Å². The number of rotatable bonds is 4. The number of carbonyl (C=O) groups is 1. The van der Waals surface area contributed by atoms with E-state index in [4.69, 9.17) is 14.2 Å². The summed E-state index contributed by atoms with van der Waals surface area (Å²) in [4.78, 5) is 11.8. The molecule has 1 saturated heterocycles. The summed E-state index contributed by atoms with van der Waals surface area (Å²) in [6, 6.07) is 7.45. The number of amides is 1. The Kier molecular flexibility index (Phi) is 4.75. The molecule has 1 aromatic rings. The van der Waals surface area contributed by atoms with Gasteiger partial charge in [0.05, 0.1) is 18.8 Å². The van der Waals surface area contributed by atoms with Gasteiger partial charge in [-0.05, 0) is 32.9 Å². The fourth-order valence-corrected chi connectivity index (χ4v) is 1.79. The van der Waals surface area contributed by atoms with Crippen molar-refractivity contribution in [2.45, 2.75) is 32.7 Å². The molecule has 1 amide bonds. The molecule has 5 heteroatoms. The Balaban J connectivity index is 1.92. The molecule has 0 aliphatic carbocycles. The highest BCUT2D eigenvalue weighted by atomic mass is 16.7. The smallest absolute Gasteiger partial charge is 0.250 e. The first-order valence-electron chi connectivity index (χ1n) is 6.71. The maximum Gasteiger partial charge on any atom is 0.250 e. The topological polar surface area (TPSA) is 56.8 Å². The lowest BCUT2D eigenvalue weighted by Crippen LogP contribution is -2.27. The van der Waals surface area contributed by atoms with Crippen LogP contribution in [0.25, 0.3) is 0 Å². The lowest BCUT2D eigenvalue weighted by atomic mass is 10.2. The predicted molar refractivity (Wildman–Crippen MR) is 75.4 cm³/mol. The van der Waals surface area contributed by atoms with Crippen LogP contribution in [0, 0.1) is 0 Å². The molecule has 1 aliphatic rings. The van der Waals surface area contributed by atoms with Crippen molar-refractivity contribution in [1.82, 2.24) is 0 Å². The van der Waals surface area contributed by atoms with E-state index in [2.05, 4.69) is 5.32 Å². The zero-order chi connectivity index (χ0) is 14.6. The van der Waals surface area contributed by atoms with E-state index in [1.807, 2.05) is 45.0 Å². The number of hydrogen-bond acceptors (Lipinski definition) is 4. The van der Waals surface area contributed by atoms with Crippen LogP contribution in [0.15, 0.2) is 24.3 Å². The summed E-state index contributed by atoms with van der Waals surface area (Å²) in [5.74, 6) is -0.176. The molecule has 0 aromatic heterocycles. The average molecular weight is 279 g/mol. The Bertz CT molecular complexity index is 461. The molecule has 1 aromatic carbocycles. The summed E-state index contributed by atoms with van der Waals surface area (Å²) < 4.78 is 16.3. The molecule has 1 aliphatic heterocycles. The van der Waals surface area contributed by atoms with Gasteiger partial charge in [-0.25, -0.2) is 0 Å². The summed E-state index contributed by atoms with van der Waals surface area (Å²) in [7, 11) is 0. The second-order valence-electron chi connectivity index (χ2n) is 5.65. The highest BCUT2D eigenvalue weighted by Crippen LogP contribution is 2.25. The standard InChI is InChI=1S/C15H21NO4/c1-15(2,3)20-10-13(17)16-12-6-4-5-11(9-12)14-18-7-8-19-14/h4-6,9,14H,7-8,10H2,1-3H3,(H,16,17).